The summed E-state index contributed by atoms with van der Waals surface area (Å²) in [4.78, 5) is 0. The van der Waals surface area contributed by atoms with Crippen molar-refractivity contribution < 1.29 is 5.11 Å². The average molecular weight is 185 g/mol. The molecule has 0 saturated heterocycles. The van der Waals surface area contributed by atoms with Crippen molar-refractivity contribution in [3.63, 3.8) is 0 Å². The van der Waals surface area contributed by atoms with Crippen molar-refractivity contribution in [1.29, 1.82) is 0 Å². The zero-order chi connectivity index (χ0) is 9.95. The largest absolute Gasteiger partial charge is 0.389 e. The summed E-state index contributed by atoms with van der Waals surface area (Å²) in [5.74, 6) is 0. The predicted octanol–water partition coefficient (Wildman–Crippen LogP) is 2.06. The Balaban J connectivity index is 2.72. The molecular weight excluding hydrogens is 162 g/mol. The molecule has 1 rings (SSSR count). The summed E-state index contributed by atoms with van der Waals surface area (Å²) in [6, 6.07) is 0. The normalized spacial score (nSPS) is 24.9. The highest BCUT2D eigenvalue weighted by Gasteiger charge is 2.51. The van der Waals surface area contributed by atoms with Crippen molar-refractivity contribution in [1.82, 2.24) is 0 Å². The molecule has 0 heterocycles. The lowest BCUT2D eigenvalue weighted by atomic mass is 9.56. The minimum absolute atomic E-state index is 0.0533. The van der Waals surface area contributed by atoms with Gasteiger partial charge in [-0.1, -0.05) is 26.7 Å². The van der Waals surface area contributed by atoms with E-state index >= 15 is 0 Å². The van der Waals surface area contributed by atoms with Crippen molar-refractivity contribution in [3.05, 3.63) is 0 Å². The third-order valence-electron chi connectivity index (χ3n) is 3.94. The second-order valence-corrected chi connectivity index (χ2v) is 4.47. The summed E-state index contributed by atoms with van der Waals surface area (Å²) in [5.41, 5.74) is 5.36. The predicted molar refractivity (Wildman–Crippen MR) is 55.5 cm³/mol. The average Bonchev–Trinajstić information content (AvgIpc) is 2.04. The Kier molecular flexibility index (Phi) is 3.36. The highest BCUT2D eigenvalue weighted by Crippen LogP contribution is 2.51. The number of aliphatic hydroxyl groups is 1. The maximum Gasteiger partial charge on any atom is 0.0713 e. The summed E-state index contributed by atoms with van der Waals surface area (Å²) in [7, 11) is 0. The lowest BCUT2D eigenvalue weighted by Gasteiger charge is -2.53. The Morgan fingerprint density at radius 2 is 2.00 bits per heavy atom. The first kappa shape index (κ1) is 11.0. The van der Waals surface area contributed by atoms with E-state index in [1.54, 1.807) is 0 Å². The highest BCUT2D eigenvalue weighted by atomic mass is 16.3. The molecule has 0 spiro atoms. The van der Waals surface area contributed by atoms with Crippen LogP contribution in [0, 0.1) is 5.41 Å². The number of nitrogens with two attached hydrogens (primary N) is 1. The van der Waals surface area contributed by atoms with Gasteiger partial charge in [-0.05, 0) is 25.7 Å². The van der Waals surface area contributed by atoms with Crippen molar-refractivity contribution in [2.45, 2.75) is 58.0 Å². The Morgan fingerprint density at radius 3 is 2.23 bits per heavy atom. The molecular formula is C11H23NO. The molecule has 1 saturated carbocycles. The van der Waals surface area contributed by atoms with E-state index in [0.717, 1.165) is 32.1 Å². The van der Waals surface area contributed by atoms with Gasteiger partial charge in [-0.2, -0.15) is 0 Å². The number of hydrogen-bond donors (Lipinski definition) is 2. The van der Waals surface area contributed by atoms with E-state index in [1.165, 1.54) is 6.42 Å². The van der Waals surface area contributed by atoms with Crippen LogP contribution in [0.1, 0.15) is 52.4 Å². The topological polar surface area (TPSA) is 46.2 Å². The van der Waals surface area contributed by atoms with Crippen LogP contribution >= 0.6 is 0 Å². The quantitative estimate of drug-likeness (QED) is 0.688. The van der Waals surface area contributed by atoms with E-state index in [4.69, 9.17) is 5.73 Å². The minimum Gasteiger partial charge on any atom is -0.389 e. The van der Waals surface area contributed by atoms with Crippen LogP contribution in [0.15, 0.2) is 0 Å². The van der Waals surface area contributed by atoms with Crippen LogP contribution in [0.25, 0.3) is 0 Å². The van der Waals surface area contributed by atoms with Gasteiger partial charge in [0.15, 0.2) is 0 Å². The number of rotatable bonds is 5. The molecule has 2 heteroatoms. The standard InChI is InChI=1S/C11H23NO/c1-3-6-11(13,4-2)10(9-12)7-5-8-10/h13H,3-9,12H2,1-2H3. The Morgan fingerprint density at radius 1 is 1.38 bits per heavy atom. The van der Waals surface area contributed by atoms with Gasteiger partial charge < -0.3 is 10.8 Å². The Labute approximate surface area is 81.5 Å². The van der Waals surface area contributed by atoms with Crippen molar-refractivity contribution in [2.24, 2.45) is 11.1 Å². The molecule has 0 aromatic heterocycles. The van der Waals surface area contributed by atoms with E-state index in [0.29, 0.717) is 6.54 Å². The van der Waals surface area contributed by atoms with Gasteiger partial charge in [0.05, 0.1) is 5.60 Å². The first-order valence-corrected chi connectivity index (χ1v) is 5.56. The highest BCUT2D eigenvalue weighted by molar-refractivity contribution is 5.03. The molecule has 0 bridgehead atoms. The monoisotopic (exact) mass is 185 g/mol. The molecule has 0 amide bonds. The van der Waals surface area contributed by atoms with Gasteiger partial charge >= 0.3 is 0 Å². The fourth-order valence-electron chi connectivity index (χ4n) is 2.69. The zero-order valence-corrected chi connectivity index (χ0v) is 8.97. The van der Waals surface area contributed by atoms with E-state index in [-0.39, 0.29) is 5.41 Å². The molecule has 0 aromatic rings. The lowest BCUT2D eigenvalue weighted by molar-refractivity contribution is -0.130. The van der Waals surface area contributed by atoms with Crippen molar-refractivity contribution in [2.75, 3.05) is 6.54 Å². The van der Waals surface area contributed by atoms with Crippen LogP contribution in [0.5, 0.6) is 0 Å². The molecule has 78 valence electrons. The molecule has 2 nitrogen and oxygen atoms in total. The fraction of sp³-hybridized carbons (Fsp3) is 1.00. The molecule has 0 aromatic carbocycles. The van der Waals surface area contributed by atoms with E-state index in [1.807, 2.05) is 0 Å². The van der Waals surface area contributed by atoms with E-state index in [2.05, 4.69) is 13.8 Å². The van der Waals surface area contributed by atoms with Crippen LogP contribution in [0.2, 0.25) is 0 Å². The zero-order valence-electron chi connectivity index (χ0n) is 8.97. The summed E-state index contributed by atoms with van der Waals surface area (Å²) in [6.45, 7) is 4.85. The van der Waals surface area contributed by atoms with Crippen LogP contribution in [-0.2, 0) is 0 Å². The molecule has 1 aliphatic rings. The van der Waals surface area contributed by atoms with Crippen LogP contribution in [0.4, 0.5) is 0 Å². The first-order chi connectivity index (χ1) is 6.14. The molecule has 1 unspecified atom stereocenters. The summed E-state index contributed by atoms with van der Waals surface area (Å²) in [5, 5.41) is 10.5. The van der Waals surface area contributed by atoms with Gasteiger partial charge in [0.1, 0.15) is 0 Å². The maximum absolute atomic E-state index is 10.5. The molecule has 3 N–H and O–H groups in total. The van der Waals surface area contributed by atoms with Gasteiger partial charge in [-0.3, -0.25) is 0 Å². The maximum atomic E-state index is 10.5. The SMILES string of the molecule is CCCC(O)(CC)C1(CN)CCC1. The smallest absolute Gasteiger partial charge is 0.0713 e. The summed E-state index contributed by atoms with van der Waals surface area (Å²) in [6.07, 6.45) is 6.27. The summed E-state index contributed by atoms with van der Waals surface area (Å²) >= 11 is 0. The molecule has 0 aliphatic heterocycles. The molecule has 1 fully saturated rings. The Hall–Kier alpha value is -0.0800. The van der Waals surface area contributed by atoms with Crippen molar-refractivity contribution >= 4 is 0 Å². The van der Waals surface area contributed by atoms with Crippen LogP contribution < -0.4 is 5.73 Å². The molecule has 1 aliphatic carbocycles. The second-order valence-electron chi connectivity index (χ2n) is 4.47. The third-order valence-corrected chi connectivity index (χ3v) is 3.94. The van der Waals surface area contributed by atoms with E-state index < -0.39 is 5.60 Å². The molecule has 13 heavy (non-hydrogen) atoms. The van der Waals surface area contributed by atoms with Gasteiger partial charge in [-0.25, -0.2) is 0 Å². The molecule has 0 radical (unpaired) electrons. The minimum atomic E-state index is -0.491. The van der Waals surface area contributed by atoms with Crippen LogP contribution in [-0.4, -0.2) is 17.3 Å². The van der Waals surface area contributed by atoms with Gasteiger partial charge in [-0.15, -0.1) is 0 Å². The van der Waals surface area contributed by atoms with Gasteiger partial charge in [0.25, 0.3) is 0 Å². The second kappa shape index (κ2) is 3.97. The Bertz CT molecular complexity index is 160. The third kappa shape index (κ3) is 1.62. The first-order valence-electron chi connectivity index (χ1n) is 5.56. The van der Waals surface area contributed by atoms with Crippen molar-refractivity contribution in [3.8, 4) is 0 Å². The van der Waals surface area contributed by atoms with E-state index in [9.17, 15) is 5.11 Å². The van der Waals surface area contributed by atoms with Crippen LogP contribution in [0.3, 0.4) is 0 Å². The number of hydrogen-bond acceptors (Lipinski definition) is 2. The van der Waals surface area contributed by atoms with Gasteiger partial charge in [0.2, 0.25) is 0 Å². The van der Waals surface area contributed by atoms with Gasteiger partial charge in [0, 0.05) is 12.0 Å². The fourth-order valence-corrected chi connectivity index (χ4v) is 2.69. The lowest BCUT2D eigenvalue weighted by Crippen LogP contribution is -2.56. The molecule has 1 atom stereocenters. The summed E-state index contributed by atoms with van der Waals surface area (Å²) < 4.78 is 0.